The number of nitrogen functional groups attached to an aromatic ring is 1. The fraction of sp³-hybridized carbons (Fsp3) is 0. The van der Waals surface area contributed by atoms with Crippen LogP contribution >= 0.6 is 11.3 Å². The van der Waals surface area contributed by atoms with Gasteiger partial charge in [-0.25, -0.2) is 8.78 Å². The fourth-order valence-electron chi connectivity index (χ4n) is 1.18. The lowest BCUT2D eigenvalue weighted by Crippen LogP contribution is -1.99. The molecule has 0 bridgehead atoms. The van der Waals surface area contributed by atoms with Gasteiger partial charge in [0, 0.05) is 17.1 Å². The lowest BCUT2D eigenvalue weighted by molar-refractivity contribution is 0.587. The Balaban J connectivity index is 2.36. The molecule has 15 heavy (non-hydrogen) atoms. The van der Waals surface area contributed by atoms with Crippen LogP contribution in [0, 0.1) is 11.6 Å². The highest BCUT2D eigenvalue weighted by atomic mass is 32.1. The van der Waals surface area contributed by atoms with Crippen LogP contribution in [0.4, 0.5) is 25.8 Å². The van der Waals surface area contributed by atoms with E-state index in [1.807, 2.05) is 10.8 Å². The second-order valence-corrected chi connectivity index (χ2v) is 3.77. The molecule has 0 aliphatic heterocycles. The van der Waals surface area contributed by atoms with E-state index in [2.05, 4.69) is 5.32 Å². The van der Waals surface area contributed by atoms with Crippen LogP contribution in [-0.4, -0.2) is 0 Å². The van der Waals surface area contributed by atoms with Crippen molar-refractivity contribution in [2.45, 2.75) is 0 Å². The van der Waals surface area contributed by atoms with Crippen molar-refractivity contribution in [2.24, 2.45) is 0 Å². The number of benzene rings is 1. The van der Waals surface area contributed by atoms with E-state index < -0.39 is 11.6 Å². The van der Waals surface area contributed by atoms with E-state index in [0.29, 0.717) is 0 Å². The minimum absolute atomic E-state index is 0.0809. The molecule has 5 heteroatoms. The number of anilines is 3. The first-order valence-electron chi connectivity index (χ1n) is 4.20. The Kier molecular flexibility index (Phi) is 2.55. The number of halogens is 2. The maximum atomic E-state index is 13.1. The Bertz CT molecular complexity index is 469. The zero-order chi connectivity index (χ0) is 10.8. The molecule has 1 aromatic carbocycles. The van der Waals surface area contributed by atoms with Gasteiger partial charge in [-0.2, -0.15) is 11.3 Å². The Morgan fingerprint density at radius 1 is 1.27 bits per heavy atom. The molecule has 0 saturated heterocycles. The molecule has 0 saturated carbocycles. The summed E-state index contributed by atoms with van der Waals surface area (Å²) in [5.41, 5.74) is 6.39. The molecule has 0 aliphatic rings. The molecule has 0 aliphatic carbocycles. The predicted molar refractivity (Wildman–Crippen MR) is 58.4 cm³/mol. The van der Waals surface area contributed by atoms with Gasteiger partial charge in [-0.1, -0.05) is 0 Å². The van der Waals surface area contributed by atoms with E-state index in [4.69, 9.17) is 5.73 Å². The third kappa shape index (κ3) is 2.07. The van der Waals surface area contributed by atoms with Crippen molar-refractivity contribution in [1.82, 2.24) is 0 Å². The van der Waals surface area contributed by atoms with Gasteiger partial charge in [-0.05, 0) is 17.5 Å². The lowest BCUT2D eigenvalue weighted by atomic mass is 10.2. The maximum absolute atomic E-state index is 13.1. The van der Waals surface area contributed by atoms with Crippen molar-refractivity contribution in [1.29, 1.82) is 0 Å². The van der Waals surface area contributed by atoms with Crippen LogP contribution in [0.1, 0.15) is 0 Å². The molecule has 0 amide bonds. The standard InChI is InChI=1S/C10H8F2N2S/c11-6-3-8(12)10(13)9(4-6)14-7-1-2-15-5-7/h1-5,14H,13H2. The van der Waals surface area contributed by atoms with E-state index in [0.717, 1.165) is 17.8 Å². The minimum atomic E-state index is -0.757. The number of nitrogens with two attached hydrogens (primary N) is 1. The molecule has 1 aromatic heterocycles. The smallest absolute Gasteiger partial charge is 0.151 e. The number of thiophene rings is 1. The summed E-state index contributed by atoms with van der Waals surface area (Å²) in [6.07, 6.45) is 0. The molecular weight excluding hydrogens is 218 g/mol. The summed E-state index contributed by atoms with van der Waals surface area (Å²) in [6, 6.07) is 3.72. The predicted octanol–water partition coefficient (Wildman–Crippen LogP) is 3.35. The topological polar surface area (TPSA) is 38.0 Å². The van der Waals surface area contributed by atoms with Gasteiger partial charge in [0.25, 0.3) is 0 Å². The van der Waals surface area contributed by atoms with Gasteiger partial charge in [0.1, 0.15) is 5.82 Å². The van der Waals surface area contributed by atoms with E-state index in [1.54, 1.807) is 6.07 Å². The summed E-state index contributed by atoms with van der Waals surface area (Å²) in [7, 11) is 0. The molecular formula is C10H8F2N2S. The number of hydrogen-bond acceptors (Lipinski definition) is 3. The molecule has 2 aromatic rings. The molecule has 1 heterocycles. The monoisotopic (exact) mass is 226 g/mol. The first-order chi connectivity index (χ1) is 7.16. The van der Waals surface area contributed by atoms with Crippen LogP contribution in [0.15, 0.2) is 29.0 Å². The van der Waals surface area contributed by atoms with Gasteiger partial charge in [-0.3, -0.25) is 0 Å². The quantitative estimate of drug-likeness (QED) is 0.770. The average Bonchev–Trinajstić information content (AvgIpc) is 2.66. The summed E-state index contributed by atoms with van der Waals surface area (Å²) >= 11 is 1.48. The van der Waals surface area contributed by atoms with Crippen molar-refractivity contribution in [3.05, 3.63) is 40.6 Å². The van der Waals surface area contributed by atoms with Crippen molar-refractivity contribution in [3.8, 4) is 0 Å². The van der Waals surface area contributed by atoms with Gasteiger partial charge >= 0.3 is 0 Å². The highest BCUT2D eigenvalue weighted by molar-refractivity contribution is 7.08. The third-order valence-corrected chi connectivity index (χ3v) is 2.58. The normalized spacial score (nSPS) is 10.3. The minimum Gasteiger partial charge on any atom is -0.395 e. The summed E-state index contributed by atoms with van der Waals surface area (Å²) in [4.78, 5) is 0. The first-order valence-corrected chi connectivity index (χ1v) is 5.15. The third-order valence-electron chi connectivity index (χ3n) is 1.89. The largest absolute Gasteiger partial charge is 0.395 e. The van der Waals surface area contributed by atoms with E-state index in [9.17, 15) is 8.78 Å². The second kappa shape index (κ2) is 3.86. The molecule has 0 atom stereocenters. The molecule has 0 unspecified atom stereocenters. The van der Waals surface area contributed by atoms with Crippen LogP contribution < -0.4 is 11.1 Å². The van der Waals surface area contributed by atoms with Crippen molar-refractivity contribution < 1.29 is 8.78 Å². The molecule has 0 spiro atoms. The maximum Gasteiger partial charge on any atom is 0.151 e. The highest BCUT2D eigenvalue weighted by Gasteiger charge is 2.08. The molecule has 3 N–H and O–H groups in total. The van der Waals surface area contributed by atoms with Gasteiger partial charge in [0.2, 0.25) is 0 Å². The molecule has 0 radical (unpaired) electrons. The van der Waals surface area contributed by atoms with Crippen molar-refractivity contribution >= 4 is 28.4 Å². The van der Waals surface area contributed by atoms with Crippen LogP contribution in [0.25, 0.3) is 0 Å². The van der Waals surface area contributed by atoms with Crippen molar-refractivity contribution in [2.75, 3.05) is 11.1 Å². The number of rotatable bonds is 2. The fourth-order valence-corrected chi connectivity index (χ4v) is 1.77. The van der Waals surface area contributed by atoms with Gasteiger partial charge in [-0.15, -0.1) is 0 Å². The Morgan fingerprint density at radius 3 is 2.73 bits per heavy atom. The Hall–Kier alpha value is -1.62. The van der Waals surface area contributed by atoms with Crippen LogP contribution in [-0.2, 0) is 0 Å². The average molecular weight is 226 g/mol. The molecule has 2 rings (SSSR count). The van der Waals surface area contributed by atoms with Gasteiger partial charge in [0.05, 0.1) is 11.4 Å². The second-order valence-electron chi connectivity index (χ2n) is 2.99. The van der Waals surface area contributed by atoms with Crippen molar-refractivity contribution in [3.63, 3.8) is 0 Å². The molecule has 78 valence electrons. The van der Waals surface area contributed by atoms with E-state index in [1.165, 1.54) is 11.3 Å². The first kappa shape index (κ1) is 9.92. The molecule has 2 nitrogen and oxygen atoms in total. The Morgan fingerprint density at radius 2 is 2.07 bits per heavy atom. The SMILES string of the molecule is Nc1c(F)cc(F)cc1Nc1ccsc1. The highest BCUT2D eigenvalue weighted by Crippen LogP contribution is 2.27. The zero-order valence-electron chi connectivity index (χ0n) is 7.63. The van der Waals surface area contributed by atoms with Gasteiger partial charge in [0.15, 0.2) is 5.82 Å². The van der Waals surface area contributed by atoms with Gasteiger partial charge < -0.3 is 11.1 Å². The Labute approximate surface area is 89.3 Å². The summed E-state index contributed by atoms with van der Waals surface area (Å²) < 4.78 is 26.0. The lowest BCUT2D eigenvalue weighted by Gasteiger charge is -2.08. The summed E-state index contributed by atoms with van der Waals surface area (Å²) in [5, 5.41) is 6.52. The zero-order valence-corrected chi connectivity index (χ0v) is 8.44. The number of nitrogens with one attached hydrogen (secondary N) is 1. The number of hydrogen-bond donors (Lipinski definition) is 2. The molecule has 0 fully saturated rings. The van der Waals surface area contributed by atoms with Crippen LogP contribution in [0.3, 0.4) is 0 Å². The summed E-state index contributed by atoms with van der Waals surface area (Å²) in [5.74, 6) is -1.41. The van der Waals surface area contributed by atoms with E-state index in [-0.39, 0.29) is 11.4 Å². The van der Waals surface area contributed by atoms with Crippen LogP contribution in [0.5, 0.6) is 0 Å². The van der Waals surface area contributed by atoms with E-state index >= 15 is 0 Å². The summed E-state index contributed by atoms with van der Waals surface area (Å²) in [6.45, 7) is 0. The van der Waals surface area contributed by atoms with Crippen LogP contribution in [0.2, 0.25) is 0 Å².